The second-order valence-corrected chi connectivity index (χ2v) is 7.67. The van der Waals surface area contributed by atoms with Crippen molar-refractivity contribution in [3.8, 4) is 17.0 Å². The Hall–Kier alpha value is -3.10. The zero-order chi connectivity index (χ0) is 22.7. The van der Waals surface area contributed by atoms with E-state index in [4.69, 9.17) is 4.74 Å². The number of nitrogens with zero attached hydrogens (tertiary/aromatic N) is 2. The molecule has 4 rings (SSSR count). The molecule has 8 heteroatoms. The van der Waals surface area contributed by atoms with Crippen LogP contribution in [0.5, 0.6) is 5.88 Å². The molecule has 0 aliphatic carbocycles. The van der Waals surface area contributed by atoms with Gasteiger partial charge in [0.25, 0.3) is 0 Å². The van der Waals surface area contributed by atoms with Gasteiger partial charge in [0.1, 0.15) is 6.10 Å². The largest absolute Gasteiger partial charge is 0.472 e. The van der Waals surface area contributed by atoms with Gasteiger partial charge in [-0.2, -0.15) is 13.2 Å². The molecule has 0 unspecified atom stereocenters. The number of rotatable bonds is 6. The van der Waals surface area contributed by atoms with E-state index >= 15 is 0 Å². The summed E-state index contributed by atoms with van der Waals surface area (Å²) in [6.07, 6.45) is -3.20. The molecule has 3 aromatic rings. The van der Waals surface area contributed by atoms with E-state index in [1.165, 1.54) is 6.07 Å². The van der Waals surface area contributed by atoms with E-state index in [0.717, 1.165) is 40.2 Å². The van der Waals surface area contributed by atoms with Gasteiger partial charge in [-0.05, 0) is 34.9 Å². The molecule has 32 heavy (non-hydrogen) atoms. The van der Waals surface area contributed by atoms with Crippen molar-refractivity contribution in [3.63, 3.8) is 0 Å². The van der Waals surface area contributed by atoms with Crippen molar-refractivity contribution in [3.05, 3.63) is 77.5 Å². The van der Waals surface area contributed by atoms with Crippen molar-refractivity contribution in [1.82, 2.24) is 4.98 Å². The van der Waals surface area contributed by atoms with Gasteiger partial charge in [0.15, 0.2) is 0 Å². The van der Waals surface area contributed by atoms with Gasteiger partial charge in [0.2, 0.25) is 5.88 Å². The Balaban J connectivity index is 1.48. The fourth-order valence-corrected chi connectivity index (χ4v) is 3.96. The minimum Gasteiger partial charge on any atom is -0.472 e. The van der Waals surface area contributed by atoms with E-state index in [-0.39, 0.29) is 25.2 Å². The molecule has 168 valence electrons. The number of ether oxygens (including phenoxy) is 1. The van der Waals surface area contributed by atoms with Crippen LogP contribution in [0.2, 0.25) is 0 Å². The van der Waals surface area contributed by atoms with Crippen LogP contribution in [-0.4, -0.2) is 34.4 Å². The minimum atomic E-state index is -4.43. The molecule has 2 aromatic carbocycles. The molecule has 0 bridgehead atoms. The molecular weight excluding hydrogens is 421 g/mol. The van der Waals surface area contributed by atoms with Crippen molar-refractivity contribution in [1.29, 1.82) is 0 Å². The fourth-order valence-electron chi connectivity index (χ4n) is 3.96. The summed E-state index contributed by atoms with van der Waals surface area (Å²) in [4.78, 5) is 5.87. The number of aromatic nitrogens is 1. The standard InChI is InChI=1S/C24H23F3N2O3/c25-24(26,27)19-6-8-23(28-12-19)32-20-9-10-29(13-20)22-7-5-16(11-18(22)15-31)21-4-2-1-3-17(21)14-30/h1-8,11-12,20,30-31H,9-10,13-15H2/t20-/m0/s1. The molecule has 0 amide bonds. The third kappa shape index (κ3) is 4.71. The molecule has 1 aliphatic heterocycles. The van der Waals surface area contributed by atoms with Gasteiger partial charge in [-0.25, -0.2) is 4.98 Å². The third-order valence-electron chi connectivity index (χ3n) is 5.59. The monoisotopic (exact) mass is 444 g/mol. The van der Waals surface area contributed by atoms with E-state index in [9.17, 15) is 23.4 Å². The molecule has 1 aliphatic rings. The molecule has 0 radical (unpaired) electrons. The quantitative estimate of drug-likeness (QED) is 0.590. The number of aliphatic hydroxyl groups is 2. The van der Waals surface area contributed by atoms with Crippen LogP contribution in [0, 0.1) is 0 Å². The summed E-state index contributed by atoms with van der Waals surface area (Å²) in [5.41, 5.74) is 3.44. The molecular formula is C24H23F3N2O3. The molecule has 2 heterocycles. The number of hydrogen-bond acceptors (Lipinski definition) is 5. The molecule has 1 saturated heterocycles. The van der Waals surface area contributed by atoms with Crippen LogP contribution < -0.4 is 9.64 Å². The fraction of sp³-hybridized carbons (Fsp3) is 0.292. The highest BCUT2D eigenvalue weighted by molar-refractivity contribution is 5.71. The first kappa shape index (κ1) is 22.1. The van der Waals surface area contributed by atoms with Crippen molar-refractivity contribution in [2.24, 2.45) is 0 Å². The Bertz CT molecular complexity index is 1070. The molecule has 0 saturated carbocycles. The zero-order valence-corrected chi connectivity index (χ0v) is 17.2. The van der Waals surface area contributed by atoms with E-state index < -0.39 is 11.7 Å². The lowest BCUT2D eigenvalue weighted by Crippen LogP contribution is -2.25. The van der Waals surface area contributed by atoms with Crippen LogP contribution in [0.3, 0.4) is 0 Å². The lowest BCUT2D eigenvalue weighted by molar-refractivity contribution is -0.137. The number of anilines is 1. The smallest absolute Gasteiger partial charge is 0.417 e. The predicted molar refractivity (Wildman–Crippen MR) is 114 cm³/mol. The van der Waals surface area contributed by atoms with Crippen LogP contribution in [0.15, 0.2) is 60.8 Å². The first-order valence-corrected chi connectivity index (χ1v) is 10.3. The maximum Gasteiger partial charge on any atom is 0.417 e. The van der Waals surface area contributed by atoms with Crippen LogP contribution in [-0.2, 0) is 19.4 Å². The second kappa shape index (κ2) is 9.18. The summed E-state index contributed by atoms with van der Waals surface area (Å²) in [6.45, 7) is 0.996. The second-order valence-electron chi connectivity index (χ2n) is 7.67. The topological polar surface area (TPSA) is 65.8 Å². The average molecular weight is 444 g/mol. The van der Waals surface area contributed by atoms with Gasteiger partial charge in [-0.15, -0.1) is 0 Å². The van der Waals surface area contributed by atoms with E-state index in [0.29, 0.717) is 19.5 Å². The number of halogens is 3. The Labute approximate surface area is 183 Å². The average Bonchev–Trinajstić information content (AvgIpc) is 3.26. The van der Waals surface area contributed by atoms with Crippen LogP contribution in [0.1, 0.15) is 23.1 Å². The van der Waals surface area contributed by atoms with Crippen LogP contribution in [0.25, 0.3) is 11.1 Å². The summed E-state index contributed by atoms with van der Waals surface area (Å²) < 4.78 is 43.9. The SMILES string of the molecule is OCc1ccccc1-c1ccc(N2CC[C@H](Oc3ccc(C(F)(F)F)cn3)C2)c(CO)c1. The Morgan fingerprint density at radius 2 is 1.78 bits per heavy atom. The molecule has 5 nitrogen and oxygen atoms in total. The van der Waals surface area contributed by atoms with Gasteiger partial charge in [0.05, 0.1) is 25.3 Å². The third-order valence-corrected chi connectivity index (χ3v) is 5.59. The van der Waals surface area contributed by atoms with Gasteiger partial charge < -0.3 is 19.8 Å². The van der Waals surface area contributed by atoms with Crippen LogP contribution >= 0.6 is 0 Å². The summed E-state index contributed by atoms with van der Waals surface area (Å²) in [6, 6.07) is 15.6. The lowest BCUT2D eigenvalue weighted by Gasteiger charge is -2.22. The Kier molecular flexibility index (Phi) is 6.34. The lowest BCUT2D eigenvalue weighted by atomic mass is 9.97. The minimum absolute atomic E-state index is 0.0739. The van der Waals surface area contributed by atoms with Gasteiger partial charge in [0, 0.05) is 36.5 Å². The highest BCUT2D eigenvalue weighted by Crippen LogP contribution is 2.33. The van der Waals surface area contributed by atoms with E-state index in [2.05, 4.69) is 9.88 Å². The number of hydrogen-bond donors (Lipinski definition) is 2. The Morgan fingerprint density at radius 1 is 1.00 bits per heavy atom. The molecule has 1 atom stereocenters. The van der Waals surface area contributed by atoms with E-state index in [1.54, 1.807) is 0 Å². The van der Waals surface area contributed by atoms with Crippen molar-refractivity contribution >= 4 is 5.69 Å². The van der Waals surface area contributed by atoms with Gasteiger partial charge in [-0.1, -0.05) is 30.3 Å². The summed E-state index contributed by atoms with van der Waals surface area (Å²) >= 11 is 0. The van der Waals surface area contributed by atoms with Crippen LogP contribution in [0.4, 0.5) is 18.9 Å². The first-order chi connectivity index (χ1) is 15.4. The van der Waals surface area contributed by atoms with Gasteiger partial charge >= 0.3 is 6.18 Å². The maximum atomic E-state index is 12.7. The number of benzene rings is 2. The zero-order valence-electron chi connectivity index (χ0n) is 17.2. The molecule has 2 N–H and O–H groups in total. The van der Waals surface area contributed by atoms with Crippen molar-refractivity contribution < 1.29 is 28.1 Å². The maximum absolute atomic E-state index is 12.7. The van der Waals surface area contributed by atoms with Crippen molar-refractivity contribution in [2.45, 2.75) is 31.9 Å². The number of alkyl halides is 3. The summed E-state index contributed by atoms with van der Waals surface area (Å²) in [5.74, 6) is 0.156. The highest BCUT2D eigenvalue weighted by Gasteiger charge is 2.31. The number of aliphatic hydroxyl groups excluding tert-OH is 2. The van der Waals surface area contributed by atoms with E-state index in [1.807, 2.05) is 42.5 Å². The van der Waals surface area contributed by atoms with Gasteiger partial charge in [-0.3, -0.25) is 0 Å². The first-order valence-electron chi connectivity index (χ1n) is 10.3. The normalized spacial score (nSPS) is 16.4. The molecule has 1 aromatic heterocycles. The highest BCUT2D eigenvalue weighted by atomic mass is 19.4. The number of pyridine rings is 1. The summed E-state index contributed by atoms with van der Waals surface area (Å²) in [5, 5.41) is 19.6. The van der Waals surface area contributed by atoms with Crippen molar-refractivity contribution in [2.75, 3.05) is 18.0 Å². The Morgan fingerprint density at radius 3 is 2.47 bits per heavy atom. The predicted octanol–water partition coefficient (Wildman–Crippen LogP) is 4.41. The molecule has 1 fully saturated rings. The molecule has 0 spiro atoms. The summed E-state index contributed by atoms with van der Waals surface area (Å²) in [7, 11) is 0.